The molecule has 2 N–H and O–H groups in total. The molecule has 160 valence electrons. The molecule has 0 bridgehead atoms. The standard InChI is InChI=1S/C25H26N2O4/c28-16-6-11-25-26-23-9-4-5-10-24(23)27(25)17-19(29)18-30-20-12-14-22(15-13-20)31-21-7-2-1-3-8-21/h1-5,7-10,12-15,19,28-29H,6,11,16-18H2. The van der Waals surface area contributed by atoms with Gasteiger partial charge < -0.3 is 24.3 Å². The average molecular weight is 418 g/mol. The van der Waals surface area contributed by atoms with E-state index in [0.717, 1.165) is 28.4 Å². The Labute approximate surface area is 181 Å². The monoisotopic (exact) mass is 418 g/mol. The van der Waals surface area contributed by atoms with Gasteiger partial charge in [-0.15, -0.1) is 0 Å². The van der Waals surface area contributed by atoms with Gasteiger partial charge in [0.25, 0.3) is 0 Å². The molecule has 0 aliphatic rings. The summed E-state index contributed by atoms with van der Waals surface area (Å²) < 4.78 is 13.6. The highest BCUT2D eigenvalue weighted by molar-refractivity contribution is 5.75. The summed E-state index contributed by atoms with van der Waals surface area (Å²) in [5.41, 5.74) is 1.86. The van der Waals surface area contributed by atoms with E-state index in [-0.39, 0.29) is 13.2 Å². The lowest BCUT2D eigenvalue weighted by molar-refractivity contribution is 0.0926. The Morgan fingerprint density at radius 3 is 2.29 bits per heavy atom. The van der Waals surface area contributed by atoms with Crippen LogP contribution in [0.3, 0.4) is 0 Å². The van der Waals surface area contributed by atoms with Crippen LogP contribution < -0.4 is 9.47 Å². The lowest BCUT2D eigenvalue weighted by Crippen LogP contribution is -2.24. The minimum absolute atomic E-state index is 0.110. The Hall–Kier alpha value is -3.35. The third-order valence-electron chi connectivity index (χ3n) is 4.93. The molecule has 31 heavy (non-hydrogen) atoms. The smallest absolute Gasteiger partial charge is 0.127 e. The first-order chi connectivity index (χ1) is 15.2. The number of ether oxygens (including phenoxy) is 2. The summed E-state index contributed by atoms with van der Waals surface area (Å²) in [5.74, 6) is 3.01. The molecule has 0 saturated carbocycles. The summed E-state index contributed by atoms with van der Waals surface area (Å²) in [6, 6.07) is 24.8. The molecule has 0 spiro atoms. The second-order valence-corrected chi connectivity index (χ2v) is 7.31. The molecule has 1 aromatic heterocycles. The number of aliphatic hydroxyl groups excluding tert-OH is 2. The topological polar surface area (TPSA) is 76.7 Å². The van der Waals surface area contributed by atoms with Gasteiger partial charge in [-0.2, -0.15) is 0 Å². The fourth-order valence-electron chi connectivity index (χ4n) is 3.44. The Morgan fingerprint density at radius 1 is 0.839 bits per heavy atom. The number of nitrogens with zero attached hydrogens (tertiary/aromatic N) is 2. The maximum atomic E-state index is 10.6. The molecule has 6 heteroatoms. The number of aryl methyl sites for hydroxylation is 1. The number of rotatable bonds is 10. The van der Waals surface area contributed by atoms with Crippen LogP contribution in [0, 0.1) is 0 Å². The van der Waals surface area contributed by atoms with Crippen LogP contribution in [0.15, 0.2) is 78.9 Å². The Balaban J connectivity index is 1.36. The molecular formula is C25H26N2O4. The first-order valence-corrected chi connectivity index (χ1v) is 10.4. The number of imidazole rings is 1. The van der Waals surface area contributed by atoms with Crippen LogP contribution in [0.4, 0.5) is 0 Å². The largest absolute Gasteiger partial charge is 0.491 e. The van der Waals surface area contributed by atoms with E-state index in [0.29, 0.717) is 25.1 Å². The van der Waals surface area contributed by atoms with Crippen LogP contribution >= 0.6 is 0 Å². The Kier molecular flexibility index (Phi) is 6.82. The third-order valence-corrected chi connectivity index (χ3v) is 4.93. The number of hydrogen-bond acceptors (Lipinski definition) is 5. The van der Waals surface area contributed by atoms with Crippen molar-refractivity contribution in [3.05, 3.63) is 84.7 Å². The summed E-state index contributed by atoms with van der Waals surface area (Å²) in [6.45, 7) is 0.639. The Morgan fingerprint density at radius 2 is 1.52 bits per heavy atom. The predicted molar refractivity (Wildman–Crippen MR) is 120 cm³/mol. The van der Waals surface area contributed by atoms with Gasteiger partial charge in [0.1, 0.15) is 35.8 Å². The third kappa shape index (κ3) is 5.42. The van der Waals surface area contributed by atoms with Crippen LogP contribution in [0.2, 0.25) is 0 Å². The summed E-state index contributed by atoms with van der Waals surface area (Å²) in [5, 5.41) is 19.8. The molecule has 0 aliphatic carbocycles. The van der Waals surface area contributed by atoms with Crippen molar-refractivity contribution in [1.82, 2.24) is 9.55 Å². The summed E-state index contributed by atoms with van der Waals surface area (Å²) >= 11 is 0. The van der Waals surface area contributed by atoms with Crippen molar-refractivity contribution in [2.75, 3.05) is 13.2 Å². The fourth-order valence-corrected chi connectivity index (χ4v) is 3.44. The molecular weight excluding hydrogens is 392 g/mol. The second-order valence-electron chi connectivity index (χ2n) is 7.31. The van der Waals surface area contributed by atoms with Crippen LogP contribution in [0.5, 0.6) is 17.2 Å². The highest BCUT2D eigenvalue weighted by atomic mass is 16.5. The maximum absolute atomic E-state index is 10.6. The highest BCUT2D eigenvalue weighted by Gasteiger charge is 2.14. The SMILES string of the molecule is OCCCc1nc2ccccc2n1CC(O)COc1ccc(Oc2ccccc2)cc1. The maximum Gasteiger partial charge on any atom is 0.127 e. The molecule has 0 saturated heterocycles. The van der Waals surface area contributed by atoms with Crippen LogP contribution in [-0.2, 0) is 13.0 Å². The summed E-state index contributed by atoms with van der Waals surface area (Å²) in [6.07, 6.45) is 0.584. The van der Waals surface area contributed by atoms with Gasteiger partial charge in [-0.05, 0) is 55.0 Å². The van der Waals surface area contributed by atoms with Crippen molar-refractivity contribution in [3.8, 4) is 17.2 Å². The number of fused-ring (bicyclic) bond motifs is 1. The van der Waals surface area contributed by atoms with E-state index in [1.807, 2.05) is 83.4 Å². The average Bonchev–Trinajstić information content (AvgIpc) is 3.15. The minimum Gasteiger partial charge on any atom is -0.491 e. The molecule has 1 unspecified atom stereocenters. The van der Waals surface area contributed by atoms with Crippen molar-refractivity contribution in [2.45, 2.75) is 25.5 Å². The predicted octanol–water partition coefficient (Wildman–Crippen LogP) is 4.19. The first kappa shape index (κ1) is 20.9. The zero-order chi connectivity index (χ0) is 21.5. The summed E-state index contributed by atoms with van der Waals surface area (Å²) in [7, 11) is 0. The lowest BCUT2D eigenvalue weighted by Gasteiger charge is -2.16. The van der Waals surface area contributed by atoms with Gasteiger partial charge in [-0.1, -0.05) is 30.3 Å². The van der Waals surface area contributed by atoms with Crippen molar-refractivity contribution in [3.63, 3.8) is 0 Å². The van der Waals surface area contributed by atoms with Crippen LogP contribution in [-0.4, -0.2) is 39.1 Å². The fraction of sp³-hybridized carbons (Fsp3) is 0.240. The molecule has 3 aromatic carbocycles. The zero-order valence-corrected chi connectivity index (χ0v) is 17.2. The van der Waals surface area contributed by atoms with E-state index in [9.17, 15) is 10.2 Å². The number of benzene rings is 3. The van der Waals surface area contributed by atoms with Gasteiger partial charge in [0.15, 0.2) is 0 Å². The molecule has 0 radical (unpaired) electrons. The number of hydrogen-bond donors (Lipinski definition) is 2. The minimum atomic E-state index is -0.703. The molecule has 4 aromatic rings. The first-order valence-electron chi connectivity index (χ1n) is 10.4. The molecule has 0 fully saturated rings. The van der Waals surface area contributed by atoms with Gasteiger partial charge in [0.05, 0.1) is 17.6 Å². The lowest BCUT2D eigenvalue weighted by atomic mass is 10.2. The van der Waals surface area contributed by atoms with E-state index in [1.54, 1.807) is 0 Å². The number of aromatic nitrogens is 2. The molecule has 1 atom stereocenters. The molecule has 0 amide bonds. The summed E-state index contributed by atoms with van der Waals surface area (Å²) in [4.78, 5) is 4.65. The van der Waals surface area contributed by atoms with Gasteiger partial charge in [-0.3, -0.25) is 0 Å². The van der Waals surface area contributed by atoms with Crippen molar-refractivity contribution >= 4 is 11.0 Å². The van der Waals surface area contributed by atoms with Gasteiger partial charge in [-0.25, -0.2) is 4.98 Å². The number of aliphatic hydroxyl groups is 2. The van der Waals surface area contributed by atoms with E-state index in [1.165, 1.54) is 0 Å². The van der Waals surface area contributed by atoms with Crippen LogP contribution in [0.1, 0.15) is 12.2 Å². The molecule has 6 nitrogen and oxygen atoms in total. The Bertz CT molecular complexity index is 1090. The van der Waals surface area contributed by atoms with E-state index in [4.69, 9.17) is 9.47 Å². The van der Waals surface area contributed by atoms with Crippen LogP contribution in [0.25, 0.3) is 11.0 Å². The number of para-hydroxylation sites is 3. The zero-order valence-electron chi connectivity index (χ0n) is 17.2. The van der Waals surface area contributed by atoms with Gasteiger partial charge >= 0.3 is 0 Å². The van der Waals surface area contributed by atoms with E-state index < -0.39 is 6.10 Å². The van der Waals surface area contributed by atoms with Gasteiger partial charge in [0.2, 0.25) is 0 Å². The van der Waals surface area contributed by atoms with Gasteiger partial charge in [0, 0.05) is 13.0 Å². The highest BCUT2D eigenvalue weighted by Crippen LogP contribution is 2.24. The molecule has 0 aliphatic heterocycles. The van der Waals surface area contributed by atoms with Crippen molar-refractivity contribution < 1.29 is 19.7 Å². The quantitative estimate of drug-likeness (QED) is 0.404. The van der Waals surface area contributed by atoms with Crippen molar-refractivity contribution in [2.24, 2.45) is 0 Å². The molecule has 4 rings (SSSR count). The normalized spacial score (nSPS) is 12.1. The second kappa shape index (κ2) is 10.1. The van der Waals surface area contributed by atoms with E-state index >= 15 is 0 Å². The van der Waals surface area contributed by atoms with E-state index in [2.05, 4.69) is 4.98 Å². The van der Waals surface area contributed by atoms with Crippen molar-refractivity contribution in [1.29, 1.82) is 0 Å². The molecule has 1 heterocycles.